The lowest BCUT2D eigenvalue weighted by molar-refractivity contribution is -0.112. The molecule has 0 spiro atoms. The quantitative estimate of drug-likeness (QED) is 0.233. The monoisotopic (exact) mass is 603 g/mol. The van der Waals surface area contributed by atoms with E-state index >= 15 is 0 Å². The summed E-state index contributed by atoms with van der Waals surface area (Å²) in [5.74, 6) is -0.0600. The third kappa shape index (κ3) is 6.37. The molecule has 0 bridgehead atoms. The molecule has 0 saturated carbocycles. The molecule has 0 heterocycles. The molecule has 0 aromatic heterocycles. The molecule has 3 aromatic carbocycles. The predicted octanol–water partition coefficient (Wildman–Crippen LogP) is 7.51. The maximum atomic E-state index is 12.5. The Kier molecular flexibility index (Phi) is 8.55. The normalized spacial score (nSPS) is 10.8. The first kappa shape index (κ1) is 24.8. The van der Waals surface area contributed by atoms with Gasteiger partial charge >= 0.3 is 0 Å². The summed E-state index contributed by atoms with van der Waals surface area (Å²) in [6.45, 7) is 0.200. The fraction of sp³-hybridized carbons (Fsp3) is 0.0417. The van der Waals surface area contributed by atoms with Gasteiger partial charge in [0.05, 0.1) is 30.6 Å². The lowest BCUT2D eigenvalue weighted by Crippen LogP contribution is -2.13. The zero-order valence-electron chi connectivity index (χ0n) is 16.7. The summed E-state index contributed by atoms with van der Waals surface area (Å²) in [7, 11) is 0. The van der Waals surface area contributed by atoms with Gasteiger partial charge in [-0.25, -0.2) is 0 Å². The molecule has 0 unspecified atom stereocenters. The highest BCUT2D eigenvalue weighted by atomic mass is 79.9. The third-order valence-corrected chi connectivity index (χ3v) is 6.30. The van der Waals surface area contributed by atoms with Crippen LogP contribution in [0.1, 0.15) is 16.7 Å². The number of hydrogen-bond donors (Lipinski definition) is 1. The van der Waals surface area contributed by atoms with Crippen molar-refractivity contribution in [2.45, 2.75) is 6.61 Å². The van der Waals surface area contributed by atoms with Crippen LogP contribution in [0.2, 0.25) is 10.0 Å². The molecule has 164 valence electrons. The second-order valence-electron chi connectivity index (χ2n) is 6.62. The van der Waals surface area contributed by atoms with Gasteiger partial charge in [-0.3, -0.25) is 4.79 Å². The summed E-state index contributed by atoms with van der Waals surface area (Å²) < 4.78 is 7.12. The summed E-state index contributed by atoms with van der Waals surface area (Å²) in [5.41, 5.74) is 2.21. The van der Waals surface area contributed by atoms with Crippen LogP contribution in [0, 0.1) is 22.7 Å². The Balaban J connectivity index is 1.79. The van der Waals surface area contributed by atoms with E-state index in [9.17, 15) is 15.3 Å². The number of nitrogens with one attached hydrogen (secondary N) is 1. The smallest absolute Gasteiger partial charge is 0.266 e. The third-order valence-electron chi connectivity index (χ3n) is 4.38. The zero-order chi connectivity index (χ0) is 24.0. The summed E-state index contributed by atoms with van der Waals surface area (Å²) in [4.78, 5) is 12.5. The van der Waals surface area contributed by atoms with E-state index in [0.29, 0.717) is 36.5 Å². The molecule has 0 atom stereocenters. The Labute approximate surface area is 217 Å². The zero-order valence-corrected chi connectivity index (χ0v) is 21.4. The van der Waals surface area contributed by atoms with E-state index in [1.807, 2.05) is 18.2 Å². The first-order valence-electron chi connectivity index (χ1n) is 9.30. The molecule has 0 fully saturated rings. The van der Waals surface area contributed by atoms with E-state index in [1.165, 1.54) is 12.1 Å². The fourth-order valence-corrected chi connectivity index (χ4v) is 4.54. The van der Waals surface area contributed by atoms with Crippen molar-refractivity contribution in [3.63, 3.8) is 0 Å². The maximum Gasteiger partial charge on any atom is 0.266 e. The van der Waals surface area contributed by atoms with Gasteiger partial charge in [-0.15, -0.1) is 0 Å². The largest absolute Gasteiger partial charge is 0.486 e. The number of carbonyl (C=O) groups excluding carboxylic acids is 1. The summed E-state index contributed by atoms with van der Waals surface area (Å²) in [6.07, 6.45) is 1.46. The van der Waals surface area contributed by atoms with Crippen LogP contribution < -0.4 is 10.1 Å². The molecule has 33 heavy (non-hydrogen) atoms. The summed E-state index contributed by atoms with van der Waals surface area (Å²) in [5, 5.41) is 22.0. The molecule has 5 nitrogen and oxygen atoms in total. The Morgan fingerprint density at radius 1 is 1.03 bits per heavy atom. The molecule has 0 aliphatic rings. The van der Waals surface area contributed by atoms with E-state index in [1.54, 1.807) is 36.4 Å². The standard InChI is InChI=1S/C24H13Br2Cl2N3O2/c25-19-8-14(7-17(12-30)24(32)31-18-5-6-21(27)22(28)10-18)9-20(26)23(19)33-13-16-4-2-1-3-15(16)11-29/h1-10H,13H2,(H,31,32)/b17-7+. The summed E-state index contributed by atoms with van der Waals surface area (Å²) in [6, 6.07) is 19.3. The van der Waals surface area contributed by atoms with Crippen molar-refractivity contribution < 1.29 is 9.53 Å². The van der Waals surface area contributed by atoms with Crippen LogP contribution in [0.5, 0.6) is 5.75 Å². The van der Waals surface area contributed by atoms with Gasteiger partial charge in [0.1, 0.15) is 24.0 Å². The molecule has 9 heteroatoms. The molecule has 3 aromatic rings. The fourth-order valence-electron chi connectivity index (χ4n) is 2.79. The number of rotatable bonds is 6. The van der Waals surface area contributed by atoms with E-state index < -0.39 is 5.91 Å². The van der Waals surface area contributed by atoms with Crippen molar-refractivity contribution in [1.82, 2.24) is 0 Å². The topological polar surface area (TPSA) is 85.9 Å². The van der Waals surface area contributed by atoms with Crippen LogP contribution in [0.15, 0.2) is 69.1 Å². The highest BCUT2D eigenvalue weighted by Crippen LogP contribution is 2.36. The number of amides is 1. The van der Waals surface area contributed by atoms with Gasteiger partial charge in [0.25, 0.3) is 5.91 Å². The number of ether oxygens (including phenoxy) is 1. The maximum absolute atomic E-state index is 12.5. The minimum absolute atomic E-state index is 0.100. The first-order chi connectivity index (χ1) is 15.8. The van der Waals surface area contributed by atoms with Crippen LogP contribution in [-0.4, -0.2) is 5.91 Å². The van der Waals surface area contributed by atoms with Gasteiger partial charge in [-0.1, -0.05) is 41.4 Å². The van der Waals surface area contributed by atoms with Crippen molar-refractivity contribution in [1.29, 1.82) is 10.5 Å². The van der Waals surface area contributed by atoms with Crippen LogP contribution in [-0.2, 0) is 11.4 Å². The highest BCUT2D eigenvalue weighted by molar-refractivity contribution is 9.11. The Morgan fingerprint density at radius 2 is 1.73 bits per heavy atom. The molecule has 1 N–H and O–H groups in total. The van der Waals surface area contributed by atoms with Crippen molar-refractivity contribution in [2.24, 2.45) is 0 Å². The Bertz CT molecular complexity index is 1320. The van der Waals surface area contributed by atoms with Crippen molar-refractivity contribution in [2.75, 3.05) is 5.32 Å². The highest BCUT2D eigenvalue weighted by Gasteiger charge is 2.14. The van der Waals surface area contributed by atoms with Crippen LogP contribution in [0.3, 0.4) is 0 Å². The second kappa shape index (κ2) is 11.4. The van der Waals surface area contributed by atoms with Gasteiger partial charge in [0, 0.05) is 11.3 Å². The van der Waals surface area contributed by atoms with E-state index in [4.69, 9.17) is 27.9 Å². The molecule has 0 radical (unpaired) electrons. The van der Waals surface area contributed by atoms with Gasteiger partial charge in [-0.05, 0) is 79.9 Å². The number of benzene rings is 3. The van der Waals surface area contributed by atoms with E-state index in [2.05, 4.69) is 43.2 Å². The lowest BCUT2D eigenvalue weighted by Gasteiger charge is -2.12. The average molecular weight is 606 g/mol. The van der Waals surface area contributed by atoms with Crippen LogP contribution >= 0.6 is 55.1 Å². The Hall–Kier alpha value is -2.81. The number of nitrogens with zero attached hydrogens (tertiary/aromatic N) is 2. The minimum atomic E-state index is -0.587. The van der Waals surface area contributed by atoms with Gasteiger partial charge in [0.2, 0.25) is 0 Å². The van der Waals surface area contributed by atoms with Gasteiger partial charge in [-0.2, -0.15) is 10.5 Å². The molecule has 0 aliphatic carbocycles. The van der Waals surface area contributed by atoms with Crippen molar-refractivity contribution in [3.05, 3.63) is 95.9 Å². The number of halogens is 4. The average Bonchev–Trinajstić information content (AvgIpc) is 2.79. The van der Waals surface area contributed by atoms with E-state index in [-0.39, 0.29) is 17.2 Å². The number of nitriles is 2. The number of hydrogen-bond acceptors (Lipinski definition) is 4. The van der Waals surface area contributed by atoms with Crippen molar-refractivity contribution >= 4 is 72.7 Å². The molecule has 0 saturated heterocycles. The van der Waals surface area contributed by atoms with Crippen molar-refractivity contribution in [3.8, 4) is 17.9 Å². The molecular weight excluding hydrogens is 593 g/mol. The predicted molar refractivity (Wildman–Crippen MR) is 136 cm³/mol. The minimum Gasteiger partial charge on any atom is -0.486 e. The van der Waals surface area contributed by atoms with Crippen LogP contribution in [0.4, 0.5) is 5.69 Å². The first-order valence-corrected chi connectivity index (χ1v) is 11.6. The van der Waals surface area contributed by atoms with Crippen LogP contribution in [0.25, 0.3) is 6.08 Å². The second-order valence-corrected chi connectivity index (χ2v) is 9.15. The summed E-state index contributed by atoms with van der Waals surface area (Å²) >= 11 is 18.8. The van der Waals surface area contributed by atoms with Gasteiger partial charge in [0.15, 0.2) is 0 Å². The molecule has 1 amide bonds. The van der Waals surface area contributed by atoms with Gasteiger partial charge < -0.3 is 10.1 Å². The SMILES string of the molecule is N#C/C(=C\c1cc(Br)c(OCc2ccccc2C#N)c(Br)c1)C(=O)Nc1ccc(Cl)c(Cl)c1. The number of anilines is 1. The number of carbonyl (C=O) groups is 1. The molecular formula is C24H13Br2Cl2N3O2. The van der Waals surface area contributed by atoms with E-state index in [0.717, 1.165) is 5.56 Å². The molecule has 3 rings (SSSR count). The Morgan fingerprint density at radius 3 is 2.36 bits per heavy atom. The lowest BCUT2D eigenvalue weighted by atomic mass is 10.1. The molecule has 0 aliphatic heterocycles.